The van der Waals surface area contributed by atoms with Crippen molar-refractivity contribution < 1.29 is 14.4 Å². The molecule has 0 bridgehead atoms. The fourth-order valence-corrected chi connectivity index (χ4v) is 3.60. The number of ether oxygens (including phenoxy) is 2. The van der Waals surface area contributed by atoms with Crippen molar-refractivity contribution in [2.75, 3.05) is 25.1 Å². The summed E-state index contributed by atoms with van der Waals surface area (Å²) in [6.45, 7) is 5.16. The smallest absolute Gasteiger partial charge is 0.352 e. The summed E-state index contributed by atoms with van der Waals surface area (Å²) in [5, 5.41) is 19.3. The zero-order chi connectivity index (χ0) is 21.0. The molecule has 1 saturated heterocycles. The van der Waals surface area contributed by atoms with Gasteiger partial charge in [-0.1, -0.05) is 0 Å². The summed E-state index contributed by atoms with van der Waals surface area (Å²) >= 11 is 9.19. The molecule has 0 radical (unpaired) electrons. The quantitative estimate of drug-likeness (QED) is 0.337. The SMILES string of the molecule is Cc1c([N+](=O)[O-])c(OCCC(C)Nc2nc(Cl)ncc2Br)nn1C1CCOCC1. The van der Waals surface area contributed by atoms with Crippen LogP contribution in [0.25, 0.3) is 0 Å². The van der Waals surface area contributed by atoms with E-state index in [1.165, 1.54) is 0 Å². The second-order valence-corrected chi connectivity index (χ2v) is 7.99. The van der Waals surface area contributed by atoms with Gasteiger partial charge in [0.25, 0.3) is 0 Å². The largest absolute Gasteiger partial charge is 0.472 e. The van der Waals surface area contributed by atoms with E-state index < -0.39 is 4.92 Å². The van der Waals surface area contributed by atoms with Crippen molar-refractivity contribution in [3.8, 4) is 5.88 Å². The zero-order valence-electron chi connectivity index (χ0n) is 16.1. The molecule has 2 aromatic heterocycles. The van der Waals surface area contributed by atoms with Crippen LogP contribution in [-0.4, -0.2) is 50.5 Å². The number of nitrogens with zero attached hydrogens (tertiary/aromatic N) is 5. The molecule has 0 amide bonds. The van der Waals surface area contributed by atoms with Gasteiger partial charge < -0.3 is 14.8 Å². The van der Waals surface area contributed by atoms with Crippen LogP contribution in [0.3, 0.4) is 0 Å². The summed E-state index contributed by atoms with van der Waals surface area (Å²) in [4.78, 5) is 19.1. The lowest BCUT2D eigenvalue weighted by atomic mass is 10.1. The molecule has 1 N–H and O–H groups in total. The molecule has 0 saturated carbocycles. The van der Waals surface area contributed by atoms with Crippen molar-refractivity contribution in [3.63, 3.8) is 0 Å². The van der Waals surface area contributed by atoms with Crippen LogP contribution in [0.4, 0.5) is 11.5 Å². The van der Waals surface area contributed by atoms with Gasteiger partial charge in [-0.05, 0) is 54.2 Å². The minimum atomic E-state index is -0.435. The summed E-state index contributed by atoms with van der Waals surface area (Å²) < 4.78 is 13.5. The van der Waals surface area contributed by atoms with Crippen molar-refractivity contribution >= 4 is 39.0 Å². The van der Waals surface area contributed by atoms with Crippen LogP contribution in [0.15, 0.2) is 10.7 Å². The molecule has 1 atom stereocenters. The highest BCUT2D eigenvalue weighted by Crippen LogP contribution is 2.34. The molecule has 0 spiro atoms. The lowest BCUT2D eigenvalue weighted by Gasteiger charge is -2.22. The number of halogens is 2. The van der Waals surface area contributed by atoms with Gasteiger partial charge in [0.15, 0.2) is 0 Å². The Morgan fingerprint density at radius 2 is 2.24 bits per heavy atom. The van der Waals surface area contributed by atoms with Crippen molar-refractivity contribution in [3.05, 3.63) is 31.8 Å². The molecule has 3 rings (SSSR count). The van der Waals surface area contributed by atoms with E-state index in [0.717, 1.165) is 12.8 Å². The zero-order valence-corrected chi connectivity index (χ0v) is 18.4. The Bertz CT molecular complexity index is 874. The van der Waals surface area contributed by atoms with Crippen molar-refractivity contribution in [1.82, 2.24) is 19.7 Å². The van der Waals surface area contributed by atoms with Crippen molar-refractivity contribution in [1.29, 1.82) is 0 Å². The summed E-state index contributed by atoms with van der Waals surface area (Å²) in [5.41, 5.74) is 0.421. The van der Waals surface area contributed by atoms with Crippen LogP contribution < -0.4 is 10.1 Å². The Balaban J connectivity index is 1.63. The number of nitro groups is 1. The maximum atomic E-state index is 11.5. The van der Waals surface area contributed by atoms with Gasteiger partial charge in [0.05, 0.1) is 22.0 Å². The first-order valence-corrected chi connectivity index (χ1v) is 10.4. The molecule has 0 aromatic carbocycles. The first-order chi connectivity index (χ1) is 13.9. The second-order valence-electron chi connectivity index (χ2n) is 6.80. The van der Waals surface area contributed by atoms with Crippen LogP contribution >= 0.6 is 27.5 Å². The summed E-state index contributed by atoms with van der Waals surface area (Å²) in [7, 11) is 0. The molecule has 1 aliphatic rings. The number of anilines is 1. The summed E-state index contributed by atoms with van der Waals surface area (Å²) in [6.07, 6.45) is 3.69. The molecule has 1 aliphatic heterocycles. The fourth-order valence-electron chi connectivity index (χ4n) is 3.16. The highest BCUT2D eigenvalue weighted by Gasteiger charge is 2.30. The molecule has 3 heterocycles. The normalized spacial score (nSPS) is 15.9. The maximum Gasteiger partial charge on any atom is 0.352 e. The predicted octanol–water partition coefficient (Wildman–Crippen LogP) is 3.93. The van der Waals surface area contributed by atoms with Crippen LogP contribution in [0.2, 0.25) is 5.28 Å². The van der Waals surface area contributed by atoms with Crippen LogP contribution in [0.5, 0.6) is 5.88 Å². The second kappa shape index (κ2) is 9.68. The number of hydrogen-bond acceptors (Lipinski definition) is 8. The van der Waals surface area contributed by atoms with Crippen LogP contribution in [0, 0.1) is 17.0 Å². The molecule has 29 heavy (non-hydrogen) atoms. The topological polar surface area (TPSA) is 117 Å². The average molecular weight is 490 g/mol. The van der Waals surface area contributed by atoms with E-state index in [9.17, 15) is 10.1 Å². The summed E-state index contributed by atoms with van der Waals surface area (Å²) in [5.74, 6) is 0.626. The lowest BCUT2D eigenvalue weighted by Crippen LogP contribution is -2.21. The van der Waals surface area contributed by atoms with Gasteiger partial charge in [0.2, 0.25) is 5.28 Å². The molecule has 158 valence electrons. The third-order valence-corrected chi connectivity index (χ3v) is 5.46. The highest BCUT2D eigenvalue weighted by atomic mass is 79.9. The van der Waals surface area contributed by atoms with Gasteiger partial charge in [-0.3, -0.25) is 14.8 Å². The molecule has 1 fully saturated rings. The minimum Gasteiger partial charge on any atom is -0.472 e. The Kier molecular flexibility index (Phi) is 7.25. The number of aromatic nitrogens is 4. The highest BCUT2D eigenvalue weighted by molar-refractivity contribution is 9.10. The predicted molar refractivity (Wildman–Crippen MR) is 111 cm³/mol. The minimum absolute atomic E-state index is 0.0185. The molecule has 1 unspecified atom stereocenters. The Morgan fingerprint density at radius 1 is 1.52 bits per heavy atom. The van der Waals surface area contributed by atoms with E-state index in [1.54, 1.807) is 17.8 Å². The number of rotatable bonds is 8. The maximum absolute atomic E-state index is 11.5. The lowest BCUT2D eigenvalue weighted by molar-refractivity contribution is -0.386. The molecular formula is C17H22BrClN6O4. The third-order valence-electron chi connectivity index (χ3n) is 4.69. The summed E-state index contributed by atoms with van der Waals surface area (Å²) in [6, 6.07) is 0.0650. The van der Waals surface area contributed by atoms with E-state index in [-0.39, 0.29) is 35.5 Å². The van der Waals surface area contributed by atoms with Gasteiger partial charge in [0, 0.05) is 31.9 Å². The Hall–Kier alpha value is -1.98. The van der Waals surface area contributed by atoms with E-state index in [1.807, 2.05) is 6.92 Å². The molecule has 12 heteroatoms. The third kappa shape index (κ3) is 5.34. The Labute approximate surface area is 181 Å². The van der Waals surface area contributed by atoms with Crippen LogP contribution in [0.1, 0.15) is 37.9 Å². The van der Waals surface area contributed by atoms with E-state index in [4.69, 9.17) is 21.1 Å². The molecule has 2 aromatic rings. The van der Waals surface area contributed by atoms with Crippen LogP contribution in [-0.2, 0) is 4.74 Å². The average Bonchev–Trinajstić information content (AvgIpc) is 3.02. The van der Waals surface area contributed by atoms with Gasteiger partial charge >= 0.3 is 11.6 Å². The van der Waals surface area contributed by atoms with Gasteiger partial charge in [-0.15, -0.1) is 5.10 Å². The van der Waals surface area contributed by atoms with E-state index >= 15 is 0 Å². The van der Waals surface area contributed by atoms with Gasteiger partial charge in [-0.2, -0.15) is 4.98 Å². The molecule has 10 nitrogen and oxygen atoms in total. The Morgan fingerprint density at radius 3 is 2.93 bits per heavy atom. The number of nitrogens with one attached hydrogen (secondary N) is 1. The first kappa shape index (κ1) is 21.7. The fraction of sp³-hybridized carbons (Fsp3) is 0.588. The number of hydrogen-bond donors (Lipinski definition) is 1. The molecule has 0 aliphatic carbocycles. The van der Waals surface area contributed by atoms with Crippen molar-refractivity contribution in [2.45, 2.75) is 45.2 Å². The first-order valence-electron chi connectivity index (χ1n) is 9.25. The van der Waals surface area contributed by atoms with E-state index in [0.29, 0.717) is 35.6 Å². The standard InChI is InChI=1S/C17H22BrClN6O4/c1-10(21-15-13(18)9-20-17(19)22-15)3-8-29-16-14(25(26)27)11(2)24(23-16)12-4-6-28-7-5-12/h9-10,12H,3-8H2,1-2H3,(H,20,21,22). The molecular weight excluding hydrogens is 468 g/mol. The van der Waals surface area contributed by atoms with E-state index in [2.05, 4.69) is 36.3 Å². The van der Waals surface area contributed by atoms with Gasteiger partial charge in [-0.25, -0.2) is 4.98 Å². The van der Waals surface area contributed by atoms with Gasteiger partial charge in [0.1, 0.15) is 11.5 Å². The monoisotopic (exact) mass is 488 g/mol. The van der Waals surface area contributed by atoms with Crippen molar-refractivity contribution in [2.24, 2.45) is 0 Å².